The largest absolute Gasteiger partial charge is 0.313 e. The number of rotatable bonds is 7. The van der Waals surface area contributed by atoms with Gasteiger partial charge in [-0.3, -0.25) is 0 Å². The molecule has 0 radical (unpaired) electrons. The molecular weight excluding hydrogens is 762 g/mol. The van der Waals surface area contributed by atoms with E-state index in [1.807, 2.05) is 0 Å². The second kappa shape index (κ2) is 16.3. The summed E-state index contributed by atoms with van der Waals surface area (Å²) in [4.78, 5) is 18.7. The van der Waals surface area contributed by atoms with Crippen molar-refractivity contribution in [3.8, 4) is 33.6 Å². The summed E-state index contributed by atoms with van der Waals surface area (Å²) in [7, 11) is 0. The van der Waals surface area contributed by atoms with Crippen molar-refractivity contribution in [3.63, 3.8) is 0 Å². The SMILES string of the molecule is C1=CCC(c2nc(C3=CCCC=C3)nc(-c3cc4c5c(c3)B(C3C=CCCC3)c3cc(-c6ccccc6)ccc3N5c3ccc(-c5ccccc5)cc3B4C3=CCCCC3)n2)C=C1. The van der Waals surface area contributed by atoms with Gasteiger partial charge in [-0.1, -0.05) is 176 Å². The lowest BCUT2D eigenvalue weighted by Crippen LogP contribution is -2.61. The minimum Gasteiger partial charge on any atom is -0.313 e. The molecule has 0 N–H and O–H groups in total. The Morgan fingerprint density at radius 3 is 1.98 bits per heavy atom. The van der Waals surface area contributed by atoms with Crippen molar-refractivity contribution in [1.29, 1.82) is 0 Å². The summed E-state index contributed by atoms with van der Waals surface area (Å²) in [6.45, 7) is 0.269. The first-order valence-electron chi connectivity index (χ1n) is 23.4. The third-order valence-electron chi connectivity index (χ3n) is 14.3. The van der Waals surface area contributed by atoms with E-state index < -0.39 is 0 Å². The molecule has 2 aliphatic heterocycles. The van der Waals surface area contributed by atoms with Crippen molar-refractivity contribution in [2.45, 2.75) is 75.9 Å². The van der Waals surface area contributed by atoms with E-state index in [0.717, 1.165) is 73.6 Å². The number of benzene rings is 5. The fourth-order valence-electron chi connectivity index (χ4n) is 11.3. The number of allylic oxidation sites excluding steroid dienone is 12. The molecule has 2 unspecified atom stereocenters. The summed E-state index contributed by atoms with van der Waals surface area (Å²) >= 11 is 0. The second-order valence-corrected chi connectivity index (χ2v) is 18.2. The zero-order valence-electron chi connectivity index (χ0n) is 35.8. The van der Waals surface area contributed by atoms with Crippen LogP contribution in [0, 0.1) is 0 Å². The van der Waals surface area contributed by atoms with Gasteiger partial charge in [0.15, 0.2) is 11.6 Å². The fourth-order valence-corrected chi connectivity index (χ4v) is 11.3. The van der Waals surface area contributed by atoms with E-state index >= 15 is 0 Å². The maximum absolute atomic E-state index is 5.45. The third-order valence-corrected chi connectivity index (χ3v) is 14.3. The molecule has 4 aliphatic carbocycles. The molecule has 0 fully saturated rings. The highest BCUT2D eigenvalue weighted by atomic mass is 15.2. The molecular formula is C57H50B2N4. The normalized spacial score (nSPS) is 19.6. The molecule has 5 aromatic carbocycles. The number of hydrogen-bond donors (Lipinski definition) is 0. The maximum Gasteiger partial charge on any atom is 0.242 e. The van der Waals surface area contributed by atoms with Gasteiger partial charge in [0.25, 0.3) is 0 Å². The highest BCUT2D eigenvalue weighted by Gasteiger charge is 2.46. The van der Waals surface area contributed by atoms with Gasteiger partial charge in [0.05, 0.1) is 0 Å². The zero-order valence-corrected chi connectivity index (χ0v) is 35.8. The lowest BCUT2D eigenvalue weighted by molar-refractivity contribution is 0.720. The van der Waals surface area contributed by atoms with Gasteiger partial charge in [-0.25, -0.2) is 15.0 Å². The number of anilines is 3. The summed E-state index contributed by atoms with van der Waals surface area (Å²) in [5.41, 5.74) is 18.2. The molecule has 0 saturated carbocycles. The monoisotopic (exact) mass is 812 g/mol. The molecule has 4 nitrogen and oxygen atoms in total. The highest BCUT2D eigenvalue weighted by molar-refractivity contribution is 6.96. The van der Waals surface area contributed by atoms with Crippen LogP contribution in [0.2, 0.25) is 5.82 Å². The number of aromatic nitrogens is 3. The van der Waals surface area contributed by atoms with Crippen LogP contribution in [-0.2, 0) is 0 Å². The standard InChI is InChI=1S/C57H50B2N4/c1-7-19-39(20-8-1)43-31-33-52-48(35-43)58(46-27-15-5-16-28-46)50-37-45(57-61-55(41-23-11-3-12-24-41)60-56(62-57)42-25-13-4-14-26-42)38-51-54(50)63(52)53-34-32-44(40-21-9-2-10-22-40)36-49(53)59(51)47-29-17-6-18-30-47/h1-3,7-13,15,19-23,25-27,29,31-38,41,46H,4-6,14,16-18,24,28,30H2. The first-order chi connectivity index (χ1) is 31.2. The highest BCUT2D eigenvalue weighted by Crippen LogP contribution is 2.44. The molecule has 63 heavy (non-hydrogen) atoms. The lowest BCUT2D eigenvalue weighted by Gasteiger charge is -2.46. The van der Waals surface area contributed by atoms with E-state index in [9.17, 15) is 0 Å². The van der Waals surface area contributed by atoms with Crippen LogP contribution in [0.3, 0.4) is 0 Å². The predicted molar refractivity (Wildman–Crippen MR) is 266 cm³/mol. The van der Waals surface area contributed by atoms with Crippen LogP contribution in [0.25, 0.3) is 39.2 Å². The van der Waals surface area contributed by atoms with Crippen LogP contribution in [0.4, 0.5) is 17.1 Å². The molecule has 6 aromatic rings. The molecule has 2 atom stereocenters. The summed E-state index contributed by atoms with van der Waals surface area (Å²) in [5, 5.41) is 0. The molecule has 0 bridgehead atoms. The lowest BCUT2D eigenvalue weighted by atomic mass is 9.28. The molecule has 6 aliphatic rings. The first-order valence-corrected chi connectivity index (χ1v) is 23.4. The smallest absolute Gasteiger partial charge is 0.242 e. The Balaban J connectivity index is 1.15. The van der Waals surface area contributed by atoms with Crippen molar-refractivity contribution in [1.82, 2.24) is 15.0 Å². The summed E-state index contributed by atoms with van der Waals surface area (Å²) in [6.07, 6.45) is 34.2. The van der Waals surface area contributed by atoms with Crippen LogP contribution in [0.1, 0.15) is 81.8 Å². The molecule has 12 rings (SSSR count). The van der Waals surface area contributed by atoms with Crippen molar-refractivity contribution < 1.29 is 0 Å². The van der Waals surface area contributed by atoms with Gasteiger partial charge < -0.3 is 4.90 Å². The maximum atomic E-state index is 5.45. The summed E-state index contributed by atoms with van der Waals surface area (Å²) in [6, 6.07) is 41.4. The average molecular weight is 813 g/mol. The van der Waals surface area contributed by atoms with E-state index in [0.29, 0.717) is 5.82 Å². The quantitative estimate of drug-likeness (QED) is 0.119. The number of fused-ring (bicyclic) bond motifs is 4. The van der Waals surface area contributed by atoms with E-state index in [-0.39, 0.29) is 19.3 Å². The second-order valence-electron chi connectivity index (χ2n) is 18.2. The Morgan fingerprint density at radius 1 is 0.540 bits per heavy atom. The third kappa shape index (κ3) is 6.92. The Morgan fingerprint density at radius 2 is 1.29 bits per heavy atom. The Kier molecular flexibility index (Phi) is 9.88. The predicted octanol–water partition coefficient (Wildman–Crippen LogP) is 11.7. The molecule has 0 spiro atoms. The fraction of sp³-hybridized carbons (Fsp3) is 0.211. The Bertz CT molecular complexity index is 2940. The minimum absolute atomic E-state index is 0.0991. The van der Waals surface area contributed by atoms with Crippen LogP contribution >= 0.6 is 0 Å². The van der Waals surface area contributed by atoms with E-state index in [2.05, 4.69) is 175 Å². The van der Waals surface area contributed by atoms with Crippen LogP contribution < -0.4 is 26.8 Å². The molecule has 3 heterocycles. The Labute approximate surface area is 372 Å². The number of nitrogens with zero attached hydrogens (tertiary/aromatic N) is 4. The first kappa shape index (κ1) is 38.2. The molecule has 0 amide bonds. The van der Waals surface area contributed by atoms with Crippen molar-refractivity contribution in [3.05, 3.63) is 187 Å². The van der Waals surface area contributed by atoms with Crippen molar-refractivity contribution in [2.24, 2.45) is 0 Å². The van der Waals surface area contributed by atoms with Crippen LogP contribution in [0.15, 0.2) is 175 Å². The van der Waals surface area contributed by atoms with E-state index in [1.54, 1.807) is 5.47 Å². The van der Waals surface area contributed by atoms with Crippen molar-refractivity contribution >= 4 is 57.9 Å². The van der Waals surface area contributed by atoms with Gasteiger partial charge in [0, 0.05) is 34.1 Å². The summed E-state index contributed by atoms with van der Waals surface area (Å²) < 4.78 is 0. The number of hydrogen-bond acceptors (Lipinski definition) is 4. The van der Waals surface area contributed by atoms with Gasteiger partial charge >= 0.3 is 0 Å². The van der Waals surface area contributed by atoms with Gasteiger partial charge in [0.2, 0.25) is 13.4 Å². The van der Waals surface area contributed by atoms with Gasteiger partial charge in [-0.2, -0.15) is 0 Å². The zero-order chi connectivity index (χ0) is 41.7. The molecule has 1 aromatic heterocycles. The Hall–Kier alpha value is -6.52. The van der Waals surface area contributed by atoms with Crippen LogP contribution in [0.5, 0.6) is 0 Å². The van der Waals surface area contributed by atoms with Gasteiger partial charge in [-0.15, -0.1) is 0 Å². The topological polar surface area (TPSA) is 41.9 Å². The summed E-state index contributed by atoms with van der Waals surface area (Å²) in [5.74, 6) is 2.85. The van der Waals surface area contributed by atoms with Gasteiger partial charge in [-0.05, 0) is 113 Å². The van der Waals surface area contributed by atoms with E-state index in [4.69, 9.17) is 15.0 Å². The van der Waals surface area contributed by atoms with Gasteiger partial charge in [0.1, 0.15) is 5.82 Å². The molecule has 6 heteroatoms. The van der Waals surface area contributed by atoms with Crippen LogP contribution in [-0.4, -0.2) is 28.4 Å². The molecule has 0 saturated heterocycles. The van der Waals surface area contributed by atoms with E-state index in [1.165, 1.54) is 80.4 Å². The van der Waals surface area contributed by atoms with Crippen molar-refractivity contribution in [2.75, 3.05) is 4.90 Å². The minimum atomic E-state index is 0.0991. The average Bonchev–Trinajstić information content (AvgIpc) is 3.37. The molecule has 304 valence electrons.